The van der Waals surface area contributed by atoms with E-state index in [0.29, 0.717) is 13.0 Å². The van der Waals surface area contributed by atoms with Crippen LogP contribution in [0.25, 0.3) is 0 Å². The highest BCUT2D eigenvalue weighted by molar-refractivity contribution is 5.77. The van der Waals surface area contributed by atoms with Crippen molar-refractivity contribution in [1.29, 1.82) is 0 Å². The molecule has 3 rings (SSSR count). The number of hydrogen-bond acceptors (Lipinski definition) is 3. The Morgan fingerprint density at radius 1 is 0.926 bits per heavy atom. The lowest BCUT2D eigenvalue weighted by Gasteiger charge is -2.19. The number of aromatic nitrogens is 1. The van der Waals surface area contributed by atoms with Gasteiger partial charge in [-0.15, -0.1) is 0 Å². The molecule has 1 amide bonds. The van der Waals surface area contributed by atoms with E-state index in [-0.39, 0.29) is 11.8 Å². The van der Waals surface area contributed by atoms with Crippen molar-refractivity contribution in [1.82, 2.24) is 10.3 Å². The van der Waals surface area contributed by atoms with Crippen molar-refractivity contribution in [3.05, 3.63) is 95.7 Å². The van der Waals surface area contributed by atoms with Gasteiger partial charge in [0.05, 0.1) is 0 Å². The highest BCUT2D eigenvalue weighted by Gasteiger charge is 2.18. The second-order valence-electron chi connectivity index (χ2n) is 6.74. The fourth-order valence-electron chi connectivity index (χ4n) is 3.22. The predicted molar refractivity (Wildman–Crippen MR) is 110 cm³/mol. The first-order valence-corrected chi connectivity index (χ1v) is 9.13. The van der Waals surface area contributed by atoms with E-state index in [1.54, 1.807) is 6.20 Å². The third-order valence-corrected chi connectivity index (χ3v) is 4.56. The van der Waals surface area contributed by atoms with E-state index in [0.717, 1.165) is 22.5 Å². The van der Waals surface area contributed by atoms with Crippen molar-refractivity contribution >= 4 is 11.7 Å². The summed E-state index contributed by atoms with van der Waals surface area (Å²) >= 11 is 0. The second kappa shape index (κ2) is 8.99. The Morgan fingerprint density at radius 3 is 2.07 bits per heavy atom. The van der Waals surface area contributed by atoms with Crippen LogP contribution < -0.4 is 10.2 Å². The van der Waals surface area contributed by atoms with Crippen molar-refractivity contribution in [3.8, 4) is 0 Å². The number of rotatable bonds is 7. The molecule has 0 atom stereocenters. The molecule has 4 nitrogen and oxygen atoms in total. The molecule has 0 aliphatic heterocycles. The standard InChI is InChI=1S/C23H25N3O/c1-26(2)23-20(14-9-15-24-23)17-25-22(27)16-21(18-10-5-3-6-11-18)19-12-7-4-8-13-19/h3-15,21H,16-17H2,1-2H3,(H,25,27). The maximum atomic E-state index is 12.7. The van der Waals surface area contributed by atoms with Gasteiger partial charge in [-0.1, -0.05) is 66.7 Å². The number of pyridine rings is 1. The number of carbonyl (C=O) groups is 1. The largest absolute Gasteiger partial charge is 0.362 e. The molecule has 1 heterocycles. The number of nitrogens with zero attached hydrogens (tertiary/aromatic N) is 2. The molecular formula is C23H25N3O. The van der Waals surface area contributed by atoms with E-state index < -0.39 is 0 Å². The summed E-state index contributed by atoms with van der Waals surface area (Å²) in [5.41, 5.74) is 3.30. The summed E-state index contributed by atoms with van der Waals surface area (Å²) in [6, 6.07) is 24.3. The minimum atomic E-state index is 0.0289. The van der Waals surface area contributed by atoms with Crippen LogP contribution in [0.3, 0.4) is 0 Å². The Labute approximate surface area is 160 Å². The van der Waals surface area contributed by atoms with E-state index in [1.165, 1.54) is 0 Å². The van der Waals surface area contributed by atoms with Crippen LogP contribution in [-0.4, -0.2) is 25.0 Å². The molecule has 0 saturated heterocycles. The van der Waals surface area contributed by atoms with Gasteiger partial charge < -0.3 is 10.2 Å². The summed E-state index contributed by atoms with van der Waals surface area (Å²) in [5, 5.41) is 3.06. The lowest BCUT2D eigenvalue weighted by Crippen LogP contribution is -2.26. The monoisotopic (exact) mass is 359 g/mol. The third kappa shape index (κ3) is 4.94. The zero-order valence-electron chi connectivity index (χ0n) is 15.8. The van der Waals surface area contributed by atoms with Crippen LogP contribution in [0.15, 0.2) is 79.0 Å². The third-order valence-electron chi connectivity index (χ3n) is 4.56. The fraction of sp³-hybridized carbons (Fsp3) is 0.217. The zero-order valence-corrected chi connectivity index (χ0v) is 15.8. The predicted octanol–water partition coefficient (Wildman–Crippen LogP) is 3.99. The van der Waals surface area contributed by atoms with Gasteiger partial charge in [0.25, 0.3) is 0 Å². The molecule has 0 spiro atoms. The van der Waals surface area contributed by atoms with Gasteiger partial charge >= 0.3 is 0 Å². The molecule has 3 aromatic rings. The Balaban J connectivity index is 1.72. The minimum Gasteiger partial charge on any atom is -0.362 e. The number of hydrogen-bond donors (Lipinski definition) is 1. The minimum absolute atomic E-state index is 0.0289. The summed E-state index contributed by atoms with van der Waals surface area (Å²) in [4.78, 5) is 19.1. The molecule has 138 valence electrons. The zero-order chi connectivity index (χ0) is 19.1. The van der Waals surface area contributed by atoms with Crippen molar-refractivity contribution in [2.24, 2.45) is 0 Å². The molecule has 4 heteroatoms. The van der Waals surface area contributed by atoms with E-state index in [4.69, 9.17) is 0 Å². The maximum Gasteiger partial charge on any atom is 0.221 e. The summed E-state index contributed by atoms with van der Waals surface area (Å²) in [6.45, 7) is 0.469. The van der Waals surface area contributed by atoms with Gasteiger partial charge in [-0.05, 0) is 17.2 Å². The number of amides is 1. The molecule has 0 aliphatic rings. The Hall–Kier alpha value is -3.14. The van der Waals surface area contributed by atoms with Crippen LogP contribution in [-0.2, 0) is 11.3 Å². The summed E-state index contributed by atoms with van der Waals surface area (Å²) in [5.74, 6) is 0.941. The van der Waals surface area contributed by atoms with E-state index >= 15 is 0 Å². The molecule has 0 bridgehead atoms. The average Bonchev–Trinajstić information content (AvgIpc) is 2.72. The maximum absolute atomic E-state index is 12.7. The molecule has 0 radical (unpaired) electrons. The summed E-state index contributed by atoms with van der Waals surface area (Å²) in [6.07, 6.45) is 2.17. The number of benzene rings is 2. The van der Waals surface area contributed by atoms with Gasteiger partial charge in [-0.25, -0.2) is 4.98 Å². The van der Waals surface area contributed by atoms with E-state index in [2.05, 4.69) is 34.6 Å². The molecule has 1 N–H and O–H groups in total. The highest BCUT2D eigenvalue weighted by atomic mass is 16.1. The van der Waals surface area contributed by atoms with Gasteiger partial charge in [-0.3, -0.25) is 4.79 Å². The first kappa shape index (κ1) is 18.6. The van der Waals surface area contributed by atoms with Crippen LogP contribution >= 0.6 is 0 Å². The van der Waals surface area contributed by atoms with Crippen LogP contribution in [0.4, 0.5) is 5.82 Å². The van der Waals surface area contributed by atoms with Gasteiger partial charge in [-0.2, -0.15) is 0 Å². The molecule has 27 heavy (non-hydrogen) atoms. The Bertz CT molecular complexity index is 824. The van der Waals surface area contributed by atoms with Crippen LogP contribution in [0.1, 0.15) is 29.0 Å². The van der Waals surface area contributed by atoms with Crippen molar-refractivity contribution in [3.63, 3.8) is 0 Å². The number of nitrogens with one attached hydrogen (secondary N) is 1. The molecule has 0 aliphatic carbocycles. The lowest BCUT2D eigenvalue weighted by molar-refractivity contribution is -0.121. The first-order valence-electron chi connectivity index (χ1n) is 9.13. The van der Waals surface area contributed by atoms with Crippen molar-refractivity contribution in [2.75, 3.05) is 19.0 Å². The van der Waals surface area contributed by atoms with Gasteiger partial charge in [0, 0.05) is 44.7 Å². The molecular weight excluding hydrogens is 334 g/mol. The van der Waals surface area contributed by atoms with Gasteiger partial charge in [0.1, 0.15) is 5.82 Å². The summed E-state index contributed by atoms with van der Waals surface area (Å²) < 4.78 is 0. The average molecular weight is 359 g/mol. The normalized spacial score (nSPS) is 10.6. The SMILES string of the molecule is CN(C)c1ncccc1CNC(=O)CC(c1ccccc1)c1ccccc1. The highest BCUT2D eigenvalue weighted by Crippen LogP contribution is 2.27. The fourth-order valence-corrected chi connectivity index (χ4v) is 3.22. The molecule has 2 aromatic carbocycles. The Kier molecular flexibility index (Phi) is 6.21. The topological polar surface area (TPSA) is 45.2 Å². The van der Waals surface area contributed by atoms with Crippen molar-refractivity contribution in [2.45, 2.75) is 18.9 Å². The van der Waals surface area contributed by atoms with Gasteiger partial charge in [0.15, 0.2) is 0 Å². The van der Waals surface area contributed by atoms with Crippen LogP contribution in [0.5, 0.6) is 0 Å². The van der Waals surface area contributed by atoms with Crippen LogP contribution in [0.2, 0.25) is 0 Å². The smallest absolute Gasteiger partial charge is 0.221 e. The molecule has 1 aromatic heterocycles. The number of anilines is 1. The molecule has 0 saturated carbocycles. The molecule has 0 fully saturated rings. The Morgan fingerprint density at radius 2 is 1.52 bits per heavy atom. The van der Waals surface area contributed by atoms with E-state index in [1.807, 2.05) is 67.5 Å². The summed E-state index contributed by atoms with van der Waals surface area (Å²) in [7, 11) is 3.91. The van der Waals surface area contributed by atoms with Crippen LogP contribution in [0, 0.1) is 0 Å². The van der Waals surface area contributed by atoms with Gasteiger partial charge in [0.2, 0.25) is 5.91 Å². The quantitative estimate of drug-likeness (QED) is 0.694. The second-order valence-corrected chi connectivity index (χ2v) is 6.74. The lowest BCUT2D eigenvalue weighted by atomic mass is 9.88. The first-order chi connectivity index (χ1) is 13.1. The van der Waals surface area contributed by atoms with E-state index in [9.17, 15) is 4.79 Å². The molecule has 0 unspecified atom stereocenters. The van der Waals surface area contributed by atoms with Crippen molar-refractivity contribution < 1.29 is 4.79 Å². The number of carbonyl (C=O) groups excluding carboxylic acids is 1.